The lowest BCUT2D eigenvalue weighted by Gasteiger charge is -2.29. The van der Waals surface area contributed by atoms with Gasteiger partial charge in [0, 0.05) is 38.5 Å². The van der Waals surface area contributed by atoms with Crippen molar-refractivity contribution in [1.82, 2.24) is 25.4 Å². The summed E-state index contributed by atoms with van der Waals surface area (Å²) in [6.45, 7) is 6.14. The number of aromatic amines is 1. The molecule has 3 rings (SSSR count). The van der Waals surface area contributed by atoms with E-state index >= 15 is 0 Å². The average Bonchev–Trinajstić information content (AvgIpc) is 3.19. The number of H-pyrrole nitrogens is 1. The Balaban J connectivity index is 1.47. The number of nitrogens with one attached hydrogen (secondary N) is 3. The smallest absolute Gasteiger partial charge is 0.272 e. The molecule has 162 valence electrons. The first-order chi connectivity index (χ1) is 14.5. The highest BCUT2D eigenvalue weighted by molar-refractivity contribution is 5.94. The van der Waals surface area contributed by atoms with Gasteiger partial charge in [-0.2, -0.15) is 5.10 Å². The molecule has 0 radical (unpaired) electrons. The van der Waals surface area contributed by atoms with Crippen LogP contribution in [0.5, 0.6) is 0 Å². The van der Waals surface area contributed by atoms with Gasteiger partial charge in [0.1, 0.15) is 11.9 Å². The highest BCUT2D eigenvalue weighted by Crippen LogP contribution is 2.21. The third-order valence-electron chi connectivity index (χ3n) is 5.25. The van der Waals surface area contributed by atoms with Gasteiger partial charge in [-0.1, -0.05) is 13.0 Å². The summed E-state index contributed by atoms with van der Waals surface area (Å²) in [4.78, 5) is 31.1. The van der Waals surface area contributed by atoms with Crippen molar-refractivity contribution in [2.75, 3.05) is 32.1 Å². The maximum absolute atomic E-state index is 12.5. The molecule has 30 heavy (non-hydrogen) atoms. The maximum atomic E-state index is 12.5. The number of fused-ring (bicyclic) bond motifs is 1. The van der Waals surface area contributed by atoms with Gasteiger partial charge in [0.2, 0.25) is 0 Å². The number of carbonyl (C=O) groups excluding carboxylic acids is 2. The molecule has 0 bridgehead atoms. The monoisotopic (exact) mass is 414 g/mol. The van der Waals surface area contributed by atoms with E-state index in [1.165, 1.54) is 0 Å². The number of aromatic nitrogens is 3. The summed E-state index contributed by atoms with van der Waals surface area (Å²) in [5.74, 6) is 0.608. The van der Waals surface area contributed by atoms with Crippen molar-refractivity contribution < 1.29 is 14.3 Å². The van der Waals surface area contributed by atoms with Gasteiger partial charge < -0.3 is 20.3 Å². The lowest BCUT2D eigenvalue weighted by Crippen LogP contribution is -2.42. The molecule has 0 saturated carbocycles. The number of rotatable bonds is 9. The summed E-state index contributed by atoms with van der Waals surface area (Å²) < 4.78 is 5.25. The van der Waals surface area contributed by atoms with E-state index < -0.39 is 6.10 Å². The number of hydrogen-bond donors (Lipinski definition) is 3. The van der Waals surface area contributed by atoms with E-state index in [0.29, 0.717) is 44.7 Å². The Morgan fingerprint density at radius 3 is 2.87 bits per heavy atom. The summed E-state index contributed by atoms with van der Waals surface area (Å²) >= 11 is 0. The molecule has 0 saturated heterocycles. The second-order valence-electron chi connectivity index (χ2n) is 7.43. The van der Waals surface area contributed by atoms with Gasteiger partial charge in [0.25, 0.3) is 11.8 Å². The van der Waals surface area contributed by atoms with Crippen LogP contribution in [-0.2, 0) is 22.5 Å². The van der Waals surface area contributed by atoms with Crippen LogP contribution in [0.15, 0.2) is 18.3 Å². The largest absolute Gasteiger partial charge is 0.372 e. The molecule has 0 fully saturated rings. The van der Waals surface area contributed by atoms with E-state index in [9.17, 15) is 9.59 Å². The van der Waals surface area contributed by atoms with Crippen molar-refractivity contribution in [3.05, 3.63) is 40.8 Å². The van der Waals surface area contributed by atoms with Crippen LogP contribution in [0.25, 0.3) is 0 Å². The highest BCUT2D eigenvalue weighted by atomic mass is 16.5. The Morgan fingerprint density at radius 1 is 1.33 bits per heavy atom. The van der Waals surface area contributed by atoms with Gasteiger partial charge in [-0.25, -0.2) is 4.98 Å². The van der Waals surface area contributed by atoms with Crippen molar-refractivity contribution in [2.45, 2.75) is 45.8 Å². The molecule has 2 aromatic heterocycles. The van der Waals surface area contributed by atoms with Crippen LogP contribution in [0.2, 0.25) is 0 Å². The van der Waals surface area contributed by atoms with Gasteiger partial charge in [-0.3, -0.25) is 14.7 Å². The molecular formula is C21H30N6O3. The molecule has 9 nitrogen and oxygen atoms in total. The Hall–Kier alpha value is -2.94. The molecule has 3 heterocycles. The zero-order chi connectivity index (χ0) is 21.5. The minimum atomic E-state index is -0.430. The van der Waals surface area contributed by atoms with Crippen LogP contribution in [0, 0.1) is 6.92 Å². The maximum Gasteiger partial charge on any atom is 0.272 e. The van der Waals surface area contributed by atoms with Crippen LogP contribution >= 0.6 is 0 Å². The first-order valence-electron chi connectivity index (χ1n) is 10.4. The number of carbonyl (C=O) groups is 2. The molecule has 0 aliphatic carbocycles. The lowest BCUT2D eigenvalue weighted by molar-refractivity contribution is -0.143. The van der Waals surface area contributed by atoms with Crippen LogP contribution in [0.3, 0.4) is 0 Å². The van der Waals surface area contributed by atoms with Crippen molar-refractivity contribution in [1.29, 1.82) is 0 Å². The van der Waals surface area contributed by atoms with Crippen molar-refractivity contribution >= 4 is 17.6 Å². The quantitative estimate of drug-likeness (QED) is 0.538. The normalized spacial score (nSPS) is 14.2. The number of aryl methyl sites for hydroxylation is 1. The van der Waals surface area contributed by atoms with Crippen LogP contribution < -0.4 is 10.6 Å². The lowest BCUT2D eigenvalue weighted by atomic mass is 10.0. The van der Waals surface area contributed by atoms with E-state index in [2.05, 4.69) is 25.8 Å². The molecule has 1 aliphatic rings. The van der Waals surface area contributed by atoms with E-state index in [0.717, 1.165) is 29.1 Å². The molecule has 2 aromatic rings. The zero-order valence-corrected chi connectivity index (χ0v) is 17.8. The Kier molecular flexibility index (Phi) is 7.40. The minimum absolute atomic E-state index is 0.0261. The first kappa shape index (κ1) is 21.8. The fraction of sp³-hybridized carbons (Fsp3) is 0.524. The molecule has 1 atom stereocenters. The number of nitrogens with zero attached hydrogens (tertiary/aromatic N) is 3. The van der Waals surface area contributed by atoms with Gasteiger partial charge in [0.15, 0.2) is 5.69 Å². The summed E-state index contributed by atoms with van der Waals surface area (Å²) in [5.41, 5.74) is 3.25. The van der Waals surface area contributed by atoms with E-state index in [4.69, 9.17) is 4.74 Å². The number of methoxy groups -OCH3 is 1. The van der Waals surface area contributed by atoms with Crippen LogP contribution in [0.1, 0.15) is 47.1 Å². The van der Waals surface area contributed by atoms with Gasteiger partial charge in [-0.05, 0) is 37.8 Å². The number of anilines is 1. The van der Waals surface area contributed by atoms with Gasteiger partial charge >= 0.3 is 0 Å². The topological polar surface area (TPSA) is 112 Å². The molecule has 2 amide bonds. The molecule has 3 N–H and O–H groups in total. The summed E-state index contributed by atoms with van der Waals surface area (Å²) in [5, 5.41) is 13.3. The second-order valence-corrected chi connectivity index (χ2v) is 7.43. The standard InChI is InChI=1S/C21H30N6O3/c1-4-17(30-3)21(29)27-11-8-15-16(13-27)25-26-19(15)20(28)23-10-5-9-22-18-7-6-14(2)12-24-18/h6-7,12,17H,4-5,8-11,13H2,1-3H3,(H,22,24)(H,23,28)(H,25,26). The second kappa shape index (κ2) is 10.2. The molecule has 9 heteroatoms. The van der Waals surface area contributed by atoms with Gasteiger partial charge in [0.05, 0.1) is 12.2 Å². The first-order valence-corrected chi connectivity index (χ1v) is 10.4. The highest BCUT2D eigenvalue weighted by Gasteiger charge is 2.30. The molecule has 1 unspecified atom stereocenters. The van der Waals surface area contributed by atoms with E-state index in [1.54, 1.807) is 12.0 Å². The predicted molar refractivity (Wildman–Crippen MR) is 113 cm³/mol. The number of pyridine rings is 1. The third-order valence-corrected chi connectivity index (χ3v) is 5.25. The Morgan fingerprint density at radius 2 is 2.17 bits per heavy atom. The fourth-order valence-corrected chi connectivity index (χ4v) is 3.50. The SMILES string of the molecule is CCC(OC)C(=O)N1CCc2c(C(=O)NCCCNc3ccc(C)cn3)n[nH]c2C1. The van der Waals surface area contributed by atoms with Gasteiger partial charge in [-0.15, -0.1) is 0 Å². The third kappa shape index (κ3) is 5.15. The molecule has 1 aliphatic heterocycles. The number of amides is 2. The average molecular weight is 415 g/mol. The summed E-state index contributed by atoms with van der Waals surface area (Å²) in [6.07, 6.45) is 3.38. The van der Waals surface area contributed by atoms with Crippen molar-refractivity contribution in [3.8, 4) is 0 Å². The molecular weight excluding hydrogens is 384 g/mol. The van der Waals surface area contributed by atoms with Crippen molar-refractivity contribution in [2.24, 2.45) is 0 Å². The molecule has 0 spiro atoms. The van der Waals surface area contributed by atoms with E-state index in [-0.39, 0.29) is 11.8 Å². The summed E-state index contributed by atoms with van der Waals surface area (Å²) in [6, 6.07) is 3.94. The van der Waals surface area contributed by atoms with Crippen LogP contribution in [-0.4, -0.2) is 64.7 Å². The Labute approximate surface area is 176 Å². The number of hydrogen-bond acceptors (Lipinski definition) is 6. The predicted octanol–water partition coefficient (Wildman–Crippen LogP) is 1.65. The van der Waals surface area contributed by atoms with Crippen LogP contribution in [0.4, 0.5) is 5.82 Å². The summed E-state index contributed by atoms with van der Waals surface area (Å²) in [7, 11) is 1.55. The zero-order valence-electron chi connectivity index (χ0n) is 17.8. The Bertz CT molecular complexity index is 860. The van der Waals surface area contributed by atoms with E-state index in [1.807, 2.05) is 32.2 Å². The molecule has 0 aromatic carbocycles. The van der Waals surface area contributed by atoms with Crippen molar-refractivity contribution in [3.63, 3.8) is 0 Å². The number of ether oxygens (including phenoxy) is 1. The minimum Gasteiger partial charge on any atom is -0.372 e. The fourth-order valence-electron chi connectivity index (χ4n) is 3.50.